The van der Waals surface area contributed by atoms with E-state index in [1.807, 2.05) is 24.3 Å². The number of piperidine rings is 1. The molecule has 29 heavy (non-hydrogen) atoms. The van der Waals surface area contributed by atoms with Gasteiger partial charge in [0.05, 0.1) is 6.04 Å². The van der Waals surface area contributed by atoms with E-state index >= 15 is 0 Å². The van der Waals surface area contributed by atoms with Gasteiger partial charge in [-0.1, -0.05) is 36.4 Å². The summed E-state index contributed by atoms with van der Waals surface area (Å²) in [6.45, 7) is 3.86. The number of benzene rings is 2. The van der Waals surface area contributed by atoms with Crippen LogP contribution >= 0.6 is 0 Å². The Hall–Kier alpha value is -3.12. The van der Waals surface area contributed by atoms with Crippen molar-refractivity contribution >= 4 is 22.9 Å². The smallest absolute Gasteiger partial charge is 0.321 e. The third kappa shape index (κ3) is 4.49. The molecule has 2 N–H and O–H groups in total. The molecule has 0 saturated carbocycles. The minimum atomic E-state index is -0.442. The maximum absolute atomic E-state index is 12.2. The average molecular weight is 391 g/mol. The maximum Gasteiger partial charge on any atom is 0.321 e. The van der Waals surface area contributed by atoms with Gasteiger partial charge in [-0.05, 0) is 44.0 Å². The van der Waals surface area contributed by atoms with E-state index in [2.05, 4.69) is 34.6 Å². The molecular weight excluding hydrogens is 366 g/mol. The number of rotatable bonds is 4. The second-order valence-corrected chi connectivity index (χ2v) is 7.47. The molecule has 1 aromatic heterocycles. The Labute approximate surface area is 169 Å². The highest BCUT2D eigenvalue weighted by molar-refractivity contribution is 6.04. The number of furan rings is 1. The first kappa shape index (κ1) is 19.2. The number of amides is 3. The van der Waals surface area contributed by atoms with Crippen LogP contribution < -0.4 is 10.6 Å². The van der Waals surface area contributed by atoms with Gasteiger partial charge >= 0.3 is 6.03 Å². The summed E-state index contributed by atoms with van der Waals surface area (Å²) in [4.78, 5) is 26.6. The molecule has 1 saturated heterocycles. The monoisotopic (exact) mass is 391 g/mol. The lowest BCUT2D eigenvalue weighted by Gasteiger charge is -2.35. The zero-order valence-electron chi connectivity index (χ0n) is 16.4. The molecule has 6 heteroatoms. The SMILES string of the molecule is CC(c1cc2ccccc2o1)N1CCC(NC(=O)NC(=O)c2ccccc2)CC1. The van der Waals surface area contributed by atoms with Crippen LogP contribution in [0.25, 0.3) is 11.0 Å². The number of carbonyl (C=O) groups is 2. The van der Waals surface area contributed by atoms with Gasteiger partial charge in [0.1, 0.15) is 11.3 Å². The van der Waals surface area contributed by atoms with E-state index in [9.17, 15) is 9.59 Å². The molecule has 0 radical (unpaired) electrons. The van der Waals surface area contributed by atoms with Crippen molar-refractivity contribution in [1.29, 1.82) is 0 Å². The molecule has 0 spiro atoms. The van der Waals surface area contributed by atoms with Crippen molar-refractivity contribution in [2.45, 2.75) is 31.8 Å². The number of likely N-dealkylation sites (tertiary alicyclic amines) is 1. The Balaban J connectivity index is 1.27. The Kier molecular flexibility index (Phi) is 5.62. The summed E-state index contributed by atoms with van der Waals surface area (Å²) in [5, 5.41) is 6.44. The second-order valence-electron chi connectivity index (χ2n) is 7.47. The zero-order valence-corrected chi connectivity index (χ0v) is 16.4. The minimum absolute atomic E-state index is 0.0534. The van der Waals surface area contributed by atoms with E-state index in [0.717, 1.165) is 42.7 Å². The van der Waals surface area contributed by atoms with Crippen LogP contribution in [-0.4, -0.2) is 36.0 Å². The summed E-state index contributed by atoms with van der Waals surface area (Å²) < 4.78 is 6.00. The zero-order chi connectivity index (χ0) is 20.2. The predicted molar refractivity (Wildman–Crippen MR) is 112 cm³/mol. The number of fused-ring (bicyclic) bond motifs is 1. The van der Waals surface area contributed by atoms with Gasteiger partial charge in [-0.15, -0.1) is 0 Å². The highest BCUT2D eigenvalue weighted by atomic mass is 16.3. The molecule has 3 aromatic rings. The highest BCUT2D eigenvalue weighted by Gasteiger charge is 2.26. The van der Waals surface area contributed by atoms with Crippen LogP contribution in [0.15, 0.2) is 65.1 Å². The maximum atomic E-state index is 12.2. The van der Waals surface area contributed by atoms with Gasteiger partial charge in [0, 0.05) is 30.1 Å². The molecule has 6 nitrogen and oxygen atoms in total. The molecule has 0 aliphatic carbocycles. The van der Waals surface area contributed by atoms with Crippen molar-refractivity contribution in [3.63, 3.8) is 0 Å². The van der Waals surface area contributed by atoms with E-state index < -0.39 is 6.03 Å². The Morgan fingerprint density at radius 2 is 1.72 bits per heavy atom. The van der Waals surface area contributed by atoms with Gasteiger partial charge in [-0.3, -0.25) is 15.0 Å². The lowest BCUT2D eigenvalue weighted by Crippen LogP contribution is -2.49. The molecule has 1 aliphatic rings. The molecule has 2 aromatic carbocycles. The van der Waals surface area contributed by atoms with Crippen molar-refractivity contribution in [3.8, 4) is 0 Å². The van der Waals surface area contributed by atoms with Crippen molar-refractivity contribution in [2.75, 3.05) is 13.1 Å². The van der Waals surface area contributed by atoms with Crippen molar-refractivity contribution in [2.24, 2.45) is 0 Å². The second kappa shape index (κ2) is 8.49. The standard InChI is InChI=1S/C23H25N3O3/c1-16(21-15-18-9-5-6-10-20(18)29-21)26-13-11-19(12-14-26)24-23(28)25-22(27)17-7-3-2-4-8-17/h2-10,15-16,19H,11-14H2,1H3,(H2,24,25,27,28). The number of urea groups is 1. The molecule has 1 fully saturated rings. The average Bonchev–Trinajstić information content (AvgIpc) is 3.18. The summed E-state index contributed by atoms with van der Waals surface area (Å²) in [6, 6.07) is 18.7. The van der Waals surface area contributed by atoms with Crippen molar-refractivity contribution < 1.29 is 14.0 Å². The first-order valence-corrected chi connectivity index (χ1v) is 9.99. The first-order chi connectivity index (χ1) is 14.1. The van der Waals surface area contributed by atoms with E-state index in [1.165, 1.54) is 0 Å². The van der Waals surface area contributed by atoms with Crippen LogP contribution in [0.4, 0.5) is 4.79 Å². The highest BCUT2D eigenvalue weighted by Crippen LogP contribution is 2.29. The summed E-state index contributed by atoms with van der Waals surface area (Å²) in [6.07, 6.45) is 1.66. The van der Waals surface area contributed by atoms with Crippen molar-refractivity contribution in [1.82, 2.24) is 15.5 Å². The molecular formula is C23H25N3O3. The molecule has 1 unspecified atom stereocenters. The molecule has 150 valence electrons. The number of imide groups is 1. The molecule has 1 aliphatic heterocycles. The van der Waals surface area contributed by atoms with Gasteiger partial charge in [-0.2, -0.15) is 0 Å². The Bertz CT molecular complexity index is 958. The minimum Gasteiger partial charge on any atom is -0.459 e. The van der Waals surface area contributed by atoms with E-state index in [4.69, 9.17) is 4.42 Å². The van der Waals surface area contributed by atoms with Crippen LogP contribution in [-0.2, 0) is 0 Å². The summed E-state index contributed by atoms with van der Waals surface area (Å²) >= 11 is 0. The molecule has 1 atom stereocenters. The normalized spacial score (nSPS) is 16.4. The van der Waals surface area contributed by atoms with Crippen molar-refractivity contribution in [3.05, 3.63) is 72.0 Å². The third-order valence-electron chi connectivity index (χ3n) is 5.53. The molecule has 3 amide bonds. The summed E-state index contributed by atoms with van der Waals surface area (Å²) in [5.41, 5.74) is 1.38. The quantitative estimate of drug-likeness (QED) is 0.702. The molecule has 0 bridgehead atoms. The number of para-hydroxylation sites is 1. The largest absolute Gasteiger partial charge is 0.459 e. The first-order valence-electron chi connectivity index (χ1n) is 9.99. The number of hydrogen-bond donors (Lipinski definition) is 2. The number of hydrogen-bond acceptors (Lipinski definition) is 4. The van der Waals surface area contributed by atoms with Crippen LogP contribution in [0.3, 0.4) is 0 Å². The van der Waals surface area contributed by atoms with Gasteiger partial charge in [0.25, 0.3) is 5.91 Å². The van der Waals surface area contributed by atoms with Gasteiger partial charge in [-0.25, -0.2) is 4.79 Å². The topological polar surface area (TPSA) is 74.6 Å². The van der Waals surface area contributed by atoms with Gasteiger partial charge in [0.15, 0.2) is 0 Å². The van der Waals surface area contributed by atoms with Gasteiger partial charge in [0.2, 0.25) is 0 Å². The predicted octanol–water partition coefficient (Wildman–Crippen LogP) is 4.10. The third-order valence-corrected chi connectivity index (χ3v) is 5.53. The Morgan fingerprint density at radius 3 is 2.45 bits per heavy atom. The van der Waals surface area contributed by atoms with E-state index in [-0.39, 0.29) is 18.0 Å². The molecule has 4 rings (SSSR count). The number of nitrogens with one attached hydrogen (secondary N) is 2. The fourth-order valence-corrected chi connectivity index (χ4v) is 3.81. The summed E-state index contributed by atoms with van der Waals surface area (Å²) in [5.74, 6) is 0.572. The van der Waals surface area contributed by atoms with Crippen LogP contribution in [0.5, 0.6) is 0 Å². The fraction of sp³-hybridized carbons (Fsp3) is 0.304. The lowest BCUT2D eigenvalue weighted by atomic mass is 10.0. The van der Waals surface area contributed by atoms with Crippen LogP contribution in [0.2, 0.25) is 0 Å². The van der Waals surface area contributed by atoms with E-state index in [0.29, 0.717) is 5.56 Å². The number of carbonyl (C=O) groups excluding carboxylic acids is 2. The lowest BCUT2D eigenvalue weighted by molar-refractivity contribution is 0.0960. The fourth-order valence-electron chi connectivity index (χ4n) is 3.81. The Morgan fingerprint density at radius 1 is 1.03 bits per heavy atom. The number of nitrogens with zero attached hydrogens (tertiary/aromatic N) is 1. The van der Waals surface area contributed by atoms with Gasteiger partial charge < -0.3 is 9.73 Å². The van der Waals surface area contributed by atoms with Crippen LogP contribution in [0, 0.1) is 0 Å². The molecule has 2 heterocycles. The van der Waals surface area contributed by atoms with Crippen LogP contribution in [0.1, 0.15) is 41.9 Å². The summed E-state index contributed by atoms with van der Waals surface area (Å²) in [7, 11) is 0. The van der Waals surface area contributed by atoms with E-state index in [1.54, 1.807) is 24.3 Å².